The van der Waals surface area contributed by atoms with E-state index < -0.39 is 6.10 Å². The van der Waals surface area contributed by atoms with Crippen LogP contribution in [0, 0.1) is 0 Å². The van der Waals surface area contributed by atoms with Gasteiger partial charge in [0.2, 0.25) is 0 Å². The number of amides is 1. The van der Waals surface area contributed by atoms with Crippen molar-refractivity contribution in [3.63, 3.8) is 0 Å². The van der Waals surface area contributed by atoms with E-state index in [2.05, 4.69) is 10.1 Å². The molecule has 0 aliphatic heterocycles. The summed E-state index contributed by atoms with van der Waals surface area (Å²) >= 11 is 0. The summed E-state index contributed by atoms with van der Waals surface area (Å²) in [6.45, 7) is 4.20. The summed E-state index contributed by atoms with van der Waals surface area (Å²) in [4.78, 5) is 19.4. The van der Waals surface area contributed by atoms with E-state index in [1.807, 2.05) is 17.9 Å². The summed E-state index contributed by atoms with van der Waals surface area (Å²) in [5, 5.41) is 14.1. The Balaban J connectivity index is 2.01. The lowest BCUT2D eigenvalue weighted by Gasteiger charge is -2.33. The van der Waals surface area contributed by atoms with Crippen molar-refractivity contribution in [1.29, 1.82) is 0 Å². The number of nitrogens with zero attached hydrogens (tertiary/aromatic N) is 3. The quantitative estimate of drug-likeness (QED) is 0.897. The average molecular weight is 343 g/mol. The predicted octanol–water partition coefficient (Wildman–Crippen LogP) is 3.58. The molecule has 0 bridgehead atoms. The second-order valence-corrected chi connectivity index (χ2v) is 6.57. The molecule has 1 aliphatic rings. The van der Waals surface area contributed by atoms with Gasteiger partial charge >= 0.3 is 0 Å². The first-order valence-electron chi connectivity index (χ1n) is 9.02. The second kappa shape index (κ2) is 7.78. The Kier molecular flexibility index (Phi) is 5.48. The standard InChI is InChI=1S/C19H25N3O3/c1-3-22(15-9-5-4-6-10-15)19(24)16-17(14-8-7-11-20-12-14)21-25-18(16)13(2)23/h7-8,11-13,15,23H,3-6,9-10H2,1-2H3. The molecule has 0 spiro atoms. The van der Waals surface area contributed by atoms with Gasteiger partial charge in [0.1, 0.15) is 17.4 Å². The van der Waals surface area contributed by atoms with Gasteiger partial charge in [0.05, 0.1) is 0 Å². The molecular formula is C19H25N3O3. The van der Waals surface area contributed by atoms with Crippen LogP contribution in [0.2, 0.25) is 0 Å². The van der Waals surface area contributed by atoms with Crippen molar-refractivity contribution < 1.29 is 14.4 Å². The van der Waals surface area contributed by atoms with Crippen molar-refractivity contribution in [3.05, 3.63) is 35.9 Å². The monoisotopic (exact) mass is 343 g/mol. The van der Waals surface area contributed by atoms with Crippen LogP contribution < -0.4 is 0 Å². The van der Waals surface area contributed by atoms with E-state index in [9.17, 15) is 9.90 Å². The molecule has 2 heterocycles. The molecule has 25 heavy (non-hydrogen) atoms. The van der Waals surface area contributed by atoms with Crippen LogP contribution in [0.25, 0.3) is 11.3 Å². The van der Waals surface area contributed by atoms with Gasteiger partial charge in [0.15, 0.2) is 5.76 Å². The van der Waals surface area contributed by atoms with Crippen LogP contribution in [0.15, 0.2) is 29.0 Å². The summed E-state index contributed by atoms with van der Waals surface area (Å²) in [6, 6.07) is 3.87. The van der Waals surface area contributed by atoms with Crippen LogP contribution in [0.1, 0.15) is 68.2 Å². The largest absolute Gasteiger partial charge is 0.385 e. The molecule has 1 fully saturated rings. The summed E-state index contributed by atoms with van der Waals surface area (Å²) < 4.78 is 5.34. The molecule has 1 atom stereocenters. The molecule has 0 aromatic carbocycles. The first-order valence-corrected chi connectivity index (χ1v) is 9.02. The fraction of sp³-hybridized carbons (Fsp3) is 0.526. The van der Waals surface area contributed by atoms with Crippen molar-refractivity contribution in [2.45, 2.75) is 58.1 Å². The molecule has 0 saturated heterocycles. The molecular weight excluding hydrogens is 318 g/mol. The van der Waals surface area contributed by atoms with Gasteiger partial charge in [0.25, 0.3) is 5.91 Å². The molecule has 1 amide bonds. The Morgan fingerprint density at radius 2 is 2.16 bits per heavy atom. The lowest BCUT2D eigenvalue weighted by molar-refractivity contribution is 0.0637. The zero-order valence-electron chi connectivity index (χ0n) is 14.8. The van der Waals surface area contributed by atoms with Gasteiger partial charge in [-0.3, -0.25) is 9.78 Å². The molecule has 1 N–H and O–H groups in total. The Morgan fingerprint density at radius 1 is 1.40 bits per heavy atom. The Labute approximate surface area is 147 Å². The molecule has 2 aromatic rings. The van der Waals surface area contributed by atoms with E-state index >= 15 is 0 Å². The number of carbonyl (C=O) groups is 1. The fourth-order valence-electron chi connectivity index (χ4n) is 3.60. The maximum absolute atomic E-state index is 13.4. The highest BCUT2D eigenvalue weighted by molar-refractivity contribution is 6.01. The van der Waals surface area contributed by atoms with Gasteiger partial charge in [-0.2, -0.15) is 0 Å². The maximum atomic E-state index is 13.4. The fourth-order valence-corrected chi connectivity index (χ4v) is 3.60. The van der Waals surface area contributed by atoms with Gasteiger partial charge < -0.3 is 14.5 Å². The van der Waals surface area contributed by atoms with Crippen LogP contribution in [0.3, 0.4) is 0 Å². The van der Waals surface area contributed by atoms with E-state index in [1.165, 1.54) is 6.42 Å². The lowest BCUT2D eigenvalue weighted by Crippen LogP contribution is -2.41. The number of hydrogen-bond donors (Lipinski definition) is 1. The molecule has 1 unspecified atom stereocenters. The molecule has 3 rings (SSSR count). The van der Waals surface area contributed by atoms with Crippen molar-refractivity contribution in [3.8, 4) is 11.3 Å². The number of hydrogen-bond acceptors (Lipinski definition) is 5. The van der Waals surface area contributed by atoms with E-state index in [1.54, 1.807) is 25.4 Å². The van der Waals surface area contributed by atoms with E-state index in [-0.39, 0.29) is 17.7 Å². The number of aliphatic hydroxyl groups is 1. The number of rotatable bonds is 5. The lowest BCUT2D eigenvalue weighted by atomic mass is 9.93. The molecule has 2 aromatic heterocycles. The van der Waals surface area contributed by atoms with Gasteiger partial charge in [0, 0.05) is 30.5 Å². The molecule has 1 saturated carbocycles. The van der Waals surface area contributed by atoms with Gasteiger partial charge in [-0.15, -0.1) is 0 Å². The van der Waals surface area contributed by atoms with Crippen molar-refractivity contribution in [2.24, 2.45) is 0 Å². The van der Waals surface area contributed by atoms with Gasteiger partial charge in [-0.1, -0.05) is 24.4 Å². The molecule has 0 radical (unpaired) electrons. The third-order valence-electron chi connectivity index (χ3n) is 4.86. The molecule has 134 valence electrons. The van der Waals surface area contributed by atoms with Gasteiger partial charge in [-0.25, -0.2) is 0 Å². The van der Waals surface area contributed by atoms with Crippen LogP contribution in [0.4, 0.5) is 0 Å². The number of aliphatic hydroxyl groups excluding tert-OH is 1. The van der Waals surface area contributed by atoms with Crippen LogP contribution in [-0.2, 0) is 0 Å². The minimum absolute atomic E-state index is 0.120. The van der Waals surface area contributed by atoms with Crippen molar-refractivity contribution in [2.75, 3.05) is 6.54 Å². The SMILES string of the molecule is CCN(C(=O)c1c(-c2cccnc2)noc1C(C)O)C1CCCCC1. The van der Waals surface area contributed by atoms with Gasteiger partial charge in [-0.05, 0) is 38.8 Å². The van der Waals surface area contributed by atoms with E-state index in [0.717, 1.165) is 25.7 Å². The summed E-state index contributed by atoms with van der Waals surface area (Å²) in [6.07, 6.45) is 8.00. The highest BCUT2D eigenvalue weighted by Crippen LogP contribution is 2.32. The summed E-state index contributed by atoms with van der Waals surface area (Å²) in [5.41, 5.74) is 1.51. The Morgan fingerprint density at radius 3 is 2.76 bits per heavy atom. The zero-order valence-corrected chi connectivity index (χ0v) is 14.8. The number of aromatic nitrogens is 2. The highest BCUT2D eigenvalue weighted by atomic mass is 16.5. The first-order chi connectivity index (χ1) is 12.1. The second-order valence-electron chi connectivity index (χ2n) is 6.57. The summed E-state index contributed by atoms with van der Waals surface area (Å²) in [5.74, 6) is 0.100. The predicted molar refractivity (Wildman–Crippen MR) is 94.0 cm³/mol. The number of pyridine rings is 1. The topological polar surface area (TPSA) is 79.5 Å². The third kappa shape index (κ3) is 3.58. The van der Waals surface area contributed by atoms with E-state index in [4.69, 9.17) is 4.52 Å². The first kappa shape index (κ1) is 17.6. The average Bonchev–Trinajstić information content (AvgIpc) is 3.09. The van der Waals surface area contributed by atoms with Crippen molar-refractivity contribution >= 4 is 5.91 Å². The van der Waals surface area contributed by atoms with E-state index in [0.29, 0.717) is 23.4 Å². The Bertz CT molecular complexity index is 706. The molecule has 1 aliphatic carbocycles. The molecule has 6 nitrogen and oxygen atoms in total. The molecule has 6 heteroatoms. The maximum Gasteiger partial charge on any atom is 0.260 e. The van der Waals surface area contributed by atoms with Crippen LogP contribution >= 0.6 is 0 Å². The Hall–Kier alpha value is -2.21. The summed E-state index contributed by atoms with van der Waals surface area (Å²) in [7, 11) is 0. The van der Waals surface area contributed by atoms with Crippen LogP contribution in [-0.4, -0.2) is 38.6 Å². The highest BCUT2D eigenvalue weighted by Gasteiger charge is 2.32. The van der Waals surface area contributed by atoms with Crippen molar-refractivity contribution in [1.82, 2.24) is 15.0 Å². The number of carbonyl (C=O) groups excluding carboxylic acids is 1. The smallest absolute Gasteiger partial charge is 0.260 e. The zero-order chi connectivity index (χ0) is 17.8. The van der Waals surface area contributed by atoms with Crippen LogP contribution in [0.5, 0.6) is 0 Å². The minimum atomic E-state index is -0.901. The normalized spacial score (nSPS) is 16.6. The third-order valence-corrected chi connectivity index (χ3v) is 4.86. The minimum Gasteiger partial charge on any atom is -0.385 e.